The van der Waals surface area contributed by atoms with Crippen molar-refractivity contribution in [1.82, 2.24) is 15.5 Å². The Morgan fingerprint density at radius 3 is 2.58 bits per heavy atom. The van der Waals surface area contributed by atoms with Crippen LogP contribution in [-0.4, -0.2) is 24.5 Å². The number of nitrogens with zero attached hydrogens (tertiary/aromatic N) is 2. The third-order valence-electron chi connectivity index (χ3n) is 3.40. The van der Waals surface area contributed by atoms with Crippen LogP contribution >= 0.6 is 0 Å². The van der Waals surface area contributed by atoms with Gasteiger partial charge < -0.3 is 9.73 Å². The van der Waals surface area contributed by atoms with Crippen molar-refractivity contribution >= 4 is 15.9 Å². The number of sulfonamides is 1. The molecule has 0 aliphatic carbocycles. The van der Waals surface area contributed by atoms with Crippen LogP contribution in [0.25, 0.3) is 11.5 Å². The minimum absolute atomic E-state index is 0.111. The monoisotopic (exact) mass is 376 g/mol. The lowest BCUT2D eigenvalue weighted by atomic mass is 10.2. The van der Waals surface area contributed by atoms with E-state index >= 15 is 0 Å². The van der Waals surface area contributed by atoms with Crippen LogP contribution < -0.4 is 10.5 Å². The Morgan fingerprint density at radius 1 is 1.15 bits per heavy atom. The van der Waals surface area contributed by atoms with Crippen molar-refractivity contribution in [1.29, 1.82) is 0 Å². The van der Waals surface area contributed by atoms with Crippen LogP contribution in [0.1, 0.15) is 16.2 Å². The van der Waals surface area contributed by atoms with E-state index in [0.29, 0.717) is 5.56 Å². The third-order valence-corrected chi connectivity index (χ3v) is 4.31. The van der Waals surface area contributed by atoms with Crippen LogP contribution in [0, 0.1) is 5.82 Å². The summed E-state index contributed by atoms with van der Waals surface area (Å²) in [6.07, 6.45) is 0. The third kappa shape index (κ3) is 3.92. The molecule has 134 valence electrons. The first kappa shape index (κ1) is 17.7. The van der Waals surface area contributed by atoms with Gasteiger partial charge in [0.1, 0.15) is 5.82 Å². The molecule has 0 aliphatic rings. The molecular weight excluding hydrogens is 363 g/mol. The maximum Gasteiger partial charge on any atom is 0.254 e. The molecule has 0 saturated heterocycles. The van der Waals surface area contributed by atoms with E-state index in [0.717, 1.165) is 18.2 Å². The average Bonchev–Trinajstić information content (AvgIpc) is 3.09. The molecule has 0 radical (unpaired) electrons. The summed E-state index contributed by atoms with van der Waals surface area (Å²) in [5, 5.41) is 15.0. The van der Waals surface area contributed by atoms with E-state index in [1.165, 1.54) is 0 Å². The van der Waals surface area contributed by atoms with Crippen molar-refractivity contribution in [2.45, 2.75) is 11.4 Å². The van der Waals surface area contributed by atoms with Crippen LogP contribution in [0.3, 0.4) is 0 Å². The number of nitrogens with one attached hydrogen (secondary N) is 1. The van der Waals surface area contributed by atoms with Gasteiger partial charge in [-0.05, 0) is 30.3 Å². The number of carbonyl (C=O) groups is 1. The molecule has 3 rings (SSSR count). The number of carbonyl (C=O) groups excluding carboxylic acids is 1. The van der Waals surface area contributed by atoms with E-state index in [4.69, 9.17) is 9.56 Å². The van der Waals surface area contributed by atoms with Crippen molar-refractivity contribution in [3.8, 4) is 11.5 Å². The normalized spacial score (nSPS) is 11.3. The first-order chi connectivity index (χ1) is 12.3. The van der Waals surface area contributed by atoms with Crippen LogP contribution in [0.2, 0.25) is 0 Å². The van der Waals surface area contributed by atoms with Gasteiger partial charge in [0, 0.05) is 5.56 Å². The molecule has 1 heterocycles. The molecule has 0 aliphatic heterocycles. The quantitative estimate of drug-likeness (QED) is 0.694. The van der Waals surface area contributed by atoms with Gasteiger partial charge in [-0.2, -0.15) is 0 Å². The molecule has 0 atom stereocenters. The number of rotatable bonds is 5. The molecule has 0 unspecified atom stereocenters. The highest BCUT2D eigenvalue weighted by Crippen LogP contribution is 2.17. The van der Waals surface area contributed by atoms with Gasteiger partial charge in [-0.3, -0.25) is 4.79 Å². The Bertz CT molecular complexity index is 1050. The van der Waals surface area contributed by atoms with E-state index in [-0.39, 0.29) is 23.2 Å². The lowest BCUT2D eigenvalue weighted by molar-refractivity contribution is 0.0943. The van der Waals surface area contributed by atoms with Crippen molar-refractivity contribution < 1.29 is 22.0 Å². The Kier molecular flexibility index (Phi) is 4.78. The summed E-state index contributed by atoms with van der Waals surface area (Å²) < 4.78 is 41.9. The fourth-order valence-electron chi connectivity index (χ4n) is 2.13. The molecule has 0 bridgehead atoms. The Hall–Kier alpha value is -3.11. The lowest BCUT2D eigenvalue weighted by Crippen LogP contribution is -2.24. The molecular formula is C16H13FN4O4S. The maximum absolute atomic E-state index is 13.8. The number of amides is 1. The maximum atomic E-state index is 13.8. The molecule has 10 heteroatoms. The molecule has 3 N–H and O–H groups in total. The summed E-state index contributed by atoms with van der Waals surface area (Å²) in [5.41, 5.74) is 0.254. The summed E-state index contributed by atoms with van der Waals surface area (Å²) in [6, 6.07) is 11.7. The molecule has 0 saturated carbocycles. The highest BCUT2D eigenvalue weighted by molar-refractivity contribution is 7.89. The SMILES string of the molecule is NS(=O)(=O)c1ccc(F)c(C(=O)NCc2nnc(-c3ccccc3)o2)c1. The number of primary sulfonamides is 1. The highest BCUT2D eigenvalue weighted by atomic mass is 32.2. The summed E-state index contributed by atoms with van der Waals surface area (Å²) in [6.45, 7) is -0.155. The first-order valence-electron chi connectivity index (χ1n) is 7.33. The zero-order valence-corrected chi connectivity index (χ0v) is 14.0. The minimum atomic E-state index is -4.06. The second kappa shape index (κ2) is 7.02. The Morgan fingerprint density at radius 2 is 1.88 bits per heavy atom. The number of nitrogens with two attached hydrogens (primary N) is 1. The standard InChI is InChI=1S/C16H13FN4O4S/c17-13-7-6-11(26(18,23)24)8-12(13)15(22)19-9-14-20-21-16(25-14)10-4-2-1-3-5-10/h1-8H,9H2,(H,19,22)(H2,18,23,24). The molecule has 8 nitrogen and oxygen atoms in total. The number of benzene rings is 2. The van der Waals surface area contributed by atoms with Crippen LogP contribution in [0.15, 0.2) is 57.8 Å². The predicted molar refractivity (Wildman–Crippen MR) is 88.7 cm³/mol. The van der Waals surface area contributed by atoms with Crippen LogP contribution in [0.4, 0.5) is 4.39 Å². The molecule has 1 aromatic heterocycles. The molecule has 3 aromatic rings. The van der Waals surface area contributed by atoms with Gasteiger partial charge in [-0.1, -0.05) is 18.2 Å². The summed E-state index contributed by atoms with van der Waals surface area (Å²) in [7, 11) is -4.06. The van der Waals surface area contributed by atoms with E-state index in [1.807, 2.05) is 18.2 Å². The zero-order chi connectivity index (χ0) is 18.7. The van der Waals surface area contributed by atoms with Gasteiger partial charge in [0.15, 0.2) is 0 Å². The van der Waals surface area contributed by atoms with Gasteiger partial charge >= 0.3 is 0 Å². The summed E-state index contributed by atoms with van der Waals surface area (Å²) in [5.74, 6) is -1.34. The molecule has 1 amide bonds. The summed E-state index contributed by atoms with van der Waals surface area (Å²) in [4.78, 5) is 11.8. The second-order valence-corrected chi connectivity index (χ2v) is 6.80. The Balaban J connectivity index is 1.73. The van der Waals surface area contributed by atoms with Crippen molar-refractivity contribution in [2.24, 2.45) is 5.14 Å². The van der Waals surface area contributed by atoms with Crippen molar-refractivity contribution in [2.75, 3.05) is 0 Å². The van der Waals surface area contributed by atoms with Gasteiger partial charge in [0.05, 0.1) is 17.0 Å². The topological polar surface area (TPSA) is 128 Å². The van der Waals surface area contributed by atoms with Crippen LogP contribution in [0.5, 0.6) is 0 Å². The van der Waals surface area contributed by atoms with Gasteiger partial charge in [-0.25, -0.2) is 17.9 Å². The number of halogens is 1. The van der Waals surface area contributed by atoms with E-state index in [9.17, 15) is 17.6 Å². The minimum Gasteiger partial charge on any atom is -0.419 e. The fourth-order valence-corrected chi connectivity index (χ4v) is 2.67. The molecule has 2 aromatic carbocycles. The molecule has 0 fully saturated rings. The van der Waals surface area contributed by atoms with Crippen molar-refractivity contribution in [3.63, 3.8) is 0 Å². The second-order valence-electron chi connectivity index (χ2n) is 5.24. The number of aromatic nitrogens is 2. The molecule has 0 spiro atoms. The van der Waals surface area contributed by atoms with Crippen LogP contribution in [-0.2, 0) is 16.6 Å². The number of hydrogen-bond donors (Lipinski definition) is 2. The first-order valence-corrected chi connectivity index (χ1v) is 8.87. The van der Waals surface area contributed by atoms with Gasteiger partial charge in [0.25, 0.3) is 5.91 Å². The van der Waals surface area contributed by atoms with Gasteiger partial charge in [0.2, 0.25) is 21.8 Å². The van der Waals surface area contributed by atoms with Crippen molar-refractivity contribution in [3.05, 3.63) is 65.8 Å². The smallest absolute Gasteiger partial charge is 0.254 e. The molecule has 26 heavy (non-hydrogen) atoms. The average molecular weight is 376 g/mol. The predicted octanol–water partition coefficient (Wildman–Crippen LogP) is 1.45. The highest BCUT2D eigenvalue weighted by Gasteiger charge is 2.17. The fraction of sp³-hybridized carbons (Fsp3) is 0.0625. The largest absolute Gasteiger partial charge is 0.419 e. The van der Waals surface area contributed by atoms with E-state index in [2.05, 4.69) is 15.5 Å². The van der Waals surface area contributed by atoms with E-state index < -0.39 is 27.3 Å². The van der Waals surface area contributed by atoms with Gasteiger partial charge in [-0.15, -0.1) is 10.2 Å². The number of hydrogen-bond acceptors (Lipinski definition) is 6. The summed E-state index contributed by atoms with van der Waals surface area (Å²) >= 11 is 0. The Labute approximate surface area is 147 Å². The zero-order valence-electron chi connectivity index (χ0n) is 13.2. The lowest BCUT2D eigenvalue weighted by Gasteiger charge is -2.06. The van der Waals surface area contributed by atoms with E-state index in [1.54, 1.807) is 12.1 Å².